The normalized spacial score (nSPS) is 24.1. The Morgan fingerprint density at radius 1 is 1.47 bits per heavy atom. The van der Waals surface area contributed by atoms with Crippen molar-refractivity contribution in [1.29, 1.82) is 0 Å². The summed E-state index contributed by atoms with van der Waals surface area (Å²) in [6.07, 6.45) is 0.753. The maximum atomic E-state index is 11.6. The standard InChI is InChI=1S/C10H17Cl3N2O3S/c1-2-3-8(16)15-9(10(11,12)13)14-7-4-5-19(17,18)6-7/h7,9,14H,2-6H2,1H3,(H,15,16)/p+1/t7-,9-/m1/s1. The van der Waals surface area contributed by atoms with Crippen LogP contribution in [-0.2, 0) is 14.6 Å². The Morgan fingerprint density at radius 3 is 2.53 bits per heavy atom. The van der Waals surface area contributed by atoms with E-state index < -0.39 is 19.8 Å². The summed E-state index contributed by atoms with van der Waals surface area (Å²) in [4.78, 5) is 11.6. The molecule has 0 spiro atoms. The van der Waals surface area contributed by atoms with E-state index in [1.165, 1.54) is 0 Å². The molecule has 1 fully saturated rings. The molecule has 0 aromatic rings. The first-order chi connectivity index (χ1) is 8.64. The lowest BCUT2D eigenvalue weighted by Gasteiger charge is -2.25. The summed E-state index contributed by atoms with van der Waals surface area (Å²) in [5.41, 5.74) is 0. The SMILES string of the molecule is CCCC(=O)N[C@@H]([NH2+][C@@H]1CCS(=O)(=O)C1)C(Cl)(Cl)Cl. The van der Waals surface area contributed by atoms with Crippen LogP contribution in [0.4, 0.5) is 0 Å². The van der Waals surface area contributed by atoms with Gasteiger partial charge in [-0.1, -0.05) is 41.7 Å². The Balaban J connectivity index is 2.63. The number of nitrogens with two attached hydrogens (primary N) is 1. The maximum absolute atomic E-state index is 11.6. The molecule has 1 saturated heterocycles. The average molecular weight is 353 g/mol. The minimum absolute atomic E-state index is 0.0495. The van der Waals surface area contributed by atoms with Gasteiger partial charge in [0, 0.05) is 12.8 Å². The van der Waals surface area contributed by atoms with Crippen LogP contribution in [0.2, 0.25) is 0 Å². The molecule has 112 valence electrons. The first-order valence-corrected chi connectivity index (χ1v) is 9.01. The Hall–Kier alpha value is 0.250. The van der Waals surface area contributed by atoms with Gasteiger partial charge >= 0.3 is 0 Å². The van der Waals surface area contributed by atoms with Gasteiger partial charge in [0.1, 0.15) is 11.8 Å². The summed E-state index contributed by atoms with van der Waals surface area (Å²) < 4.78 is 21.1. The molecule has 0 aromatic carbocycles. The van der Waals surface area contributed by atoms with Crippen LogP contribution in [0.5, 0.6) is 0 Å². The summed E-state index contributed by atoms with van der Waals surface area (Å²) in [5, 5.41) is 4.26. The third kappa shape index (κ3) is 6.04. The summed E-state index contributed by atoms with van der Waals surface area (Å²) in [5.74, 6) is -0.0201. The lowest BCUT2D eigenvalue weighted by Crippen LogP contribution is -3.00. The van der Waals surface area contributed by atoms with Gasteiger partial charge in [0.25, 0.3) is 3.79 Å². The summed E-state index contributed by atoms with van der Waals surface area (Å²) in [6.45, 7) is 1.87. The molecule has 1 amide bonds. The van der Waals surface area contributed by atoms with Gasteiger partial charge in [-0.25, -0.2) is 8.42 Å². The fraction of sp³-hybridized carbons (Fsp3) is 0.900. The summed E-state index contributed by atoms with van der Waals surface area (Å²) >= 11 is 17.5. The second-order valence-corrected chi connectivity index (χ2v) is 9.29. The topological polar surface area (TPSA) is 79.8 Å². The van der Waals surface area contributed by atoms with Gasteiger partial charge in [0.2, 0.25) is 12.1 Å². The Bertz CT molecular complexity index is 422. The molecular formula is C10H18Cl3N2O3S+. The fourth-order valence-corrected chi connectivity index (χ4v) is 4.10. The zero-order chi connectivity index (χ0) is 14.7. The number of rotatable bonds is 5. The number of quaternary nitrogens is 1. The molecule has 1 aliphatic rings. The van der Waals surface area contributed by atoms with Gasteiger partial charge in [-0.3, -0.25) is 4.79 Å². The van der Waals surface area contributed by atoms with Gasteiger partial charge in [0.05, 0.1) is 5.75 Å². The molecular weight excluding hydrogens is 335 g/mol. The number of carbonyl (C=O) groups excluding carboxylic acids is 1. The van der Waals surface area contributed by atoms with E-state index in [2.05, 4.69) is 5.32 Å². The zero-order valence-corrected chi connectivity index (χ0v) is 13.6. The van der Waals surface area contributed by atoms with Crippen molar-refractivity contribution in [3.05, 3.63) is 0 Å². The number of hydrogen-bond donors (Lipinski definition) is 2. The van der Waals surface area contributed by atoms with E-state index in [1.54, 1.807) is 5.32 Å². The molecule has 0 aromatic heterocycles. The molecule has 0 saturated carbocycles. The van der Waals surface area contributed by atoms with E-state index >= 15 is 0 Å². The number of carbonyl (C=O) groups is 1. The molecule has 0 aliphatic carbocycles. The molecule has 0 unspecified atom stereocenters. The number of nitrogens with one attached hydrogen (secondary N) is 1. The van der Waals surface area contributed by atoms with Crippen LogP contribution < -0.4 is 10.6 Å². The van der Waals surface area contributed by atoms with Crippen molar-refractivity contribution in [3.63, 3.8) is 0 Å². The van der Waals surface area contributed by atoms with Gasteiger partial charge in [-0.05, 0) is 6.42 Å². The van der Waals surface area contributed by atoms with E-state index in [9.17, 15) is 13.2 Å². The first kappa shape index (κ1) is 17.3. The molecule has 19 heavy (non-hydrogen) atoms. The summed E-state index contributed by atoms with van der Waals surface area (Å²) in [6, 6.07) is -0.187. The van der Waals surface area contributed by atoms with Crippen LogP contribution >= 0.6 is 34.8 Å². The van der Waals surface area contributed by atoms with Crippen LogP contribution in [0.15, 0.2) is 0 Å². The van der Waals surface area contributed by atoms with Crippen molar-refractivity contribution in [1.82, 2.24) is 5.32 Å². The second kappa shape index (κ2) is 6.80. The second-order valence-electron chi connectivity index (χ2n) is 4.69. The van der Waals surface area contributed by atoms with Gasteiger partial charge in [-0.2, -0.15) is 0 Å². The molecule has 3 N–H and O–H groups in total. The van der Waals surface area contributed by atoms with E-state index in [4.69, 9.17) is 34.8 Å². The monoisotopic (exact) mass is 351 g/mol. The molecule has 1 heterocycles. The van der Waals surface area contributed by atoms with Crippen molar-refractivity contribution in [2.24, 2.45) is 0 Å². The van der Waals surface area contributed by atoms with Crippen molar-refractivity contribution in [2.75, 3.05) is 11.5 Å². The van der Waals surface area contributed by atoms with Crippen molar-refractivity contribution in [3.8, 4) is 0 Å². The predicted octanol–water partition coefficient (Wildman–Crippen LogP) is 0.350. The van der Waals surface area contributed by atoms with Crippen molar-refractivity contribution < 1.29 is 18.5 Å². The maximum Gasteiger partial charge on any atom is 0.262 e. The van der Waals surface area contributed by atoms with Crippen LogP contribution in [0.25, 0.3) is 0 Å². The lowest BCUT2D eigenvalue weighted by molar-refractivity contribution is -0.719. The number of amides is 1. The quantitative estimate of drug-likeness (QED) is 0.553. The number of halogens is 3. The third-order valence-corrected chi connectivity index (χ3v) is 5.38. The minimum Gasteiger partial charge on any atom is -0.320 e. The Morgan fingerprint density at radius 2 is 2.11 bits per heavy atom. The highest BCUT2D eigenvalue weighted by molar-refractivity contribution is 7.91. The highest BCUT2D eigenvalue weighted by Gasteiger charge is 2.41. The smallest absolute Gasteiger partial charge is 0.262 e. The van der Waals surface area contributed by atoms with Crippen LogP contribution in [0, 0.1) is 0 Å². The number of hydrogen-bond acceptors (Lipinski definition) is 3. The van der Waals surface area contributed by atoms with Crippen LogP contribution in [0.3, 0.4) is 0 Å². The number of alkyl halides is 3. The molecule has 2 atom stereocenters. The fourth-order valence-electron chi connectivity index (χ4n) is 1.96. The Kier molecular flexibility index (Phi) is 6.20. The molecule has 1 aliphatic heterocycles. The van der Waals surface area contributed by atoms with E-state index in [0.29, 0.717) is 19.3 Å². The highest BCUT2D eigenvalue weighted by Crippen LogP contribution is 2.27. The molecule has 0 radical (unpaired) electrons. The Labute approximate surface area is 128 Å². The molecule has 5 nitrogen and oxygen atoms in total. The van der Waals surface area contributed by atoms with Crippen LogP contribution in [0.1, 0.15) is 26.2 Å². The molecule has 9 heteroatoms. The lowest BCUT2D eigenvalue weighted by atomic mass is 10.2. The van der Waals surface area contributed by atoms with Gasteiger partial charge in [-0.15, -0.1) is 0 Å². The predicted molar refractivity (Wildman–Crippen MR) is 76.1 cm³/mol. The van der Waals surface area contributed by atoms with E-state index in [1.807, 2.05) is 6.92 Å². The number of sulfone groups is 1. The minimum atomic E-state index is -3.00. The largest absolute Gasteiger partial charge is 0.320 e. The van der Waals surface area contributed by atoms with Crippen LogP contribution in [-0.4, -0.2) is 41.8 Å². The zero-order valence-electron chi connectivity index (χ0n) is 10.5. The summed E-state index contributed by atoms with van der Waals surface area (Å²) in [7, 11) is -3.00. The highest BCUT2D eigenvalue weighted by atomic mass is 35.6. The third-order valence-electron chi connectivity index (χ3n) is 2.88. The molecule has 1 rings (SSSR count). The van der Waals surface area contributed by atoms with E-state index in [0.717, 1.165) is 0 Å². The molecule has 0 bridgehead atoms. The van der Waals surface area contributed by atoms with E-state index in [-0.39, 0.29) is 23.5 Å². The van der Waals surface area contributed by atoms with Crippen molar-refractivity contribution >= 4 is 50.5 Å². The average Bonchev–Trinajstić information content (AvgIpc) is 2.56. The van der Waals surface area contributed by atoms with Gasteiger partial charge in [0.15, 0.2) is 9.84 Å². The van der Waals surface area contributed by atoms with Gasteiger partial charge < -0.3 is 10.6 Å². The van der Waals surface area contributed by atoms with Crippen molar-refractivity contribution in [2.45, 2.75) is 42.2 Å². The first-order valence-electron chi connectivity index (χ1n) is 6.05.